The number of pyridine rings is 1. The third kappa shape index (κ3) is 4.20. The van der Waals surface area contributed by atoms with Crippen LogP contribution in [0, 0.1) is 5.92 Å². The second-order valence-electron chi connectivity index (χ2n) is 6.31. The summed E-state index contributed by atoms with van der Waals surface area (Å²) in [4.78, 5) is 16.8. The van der Waals surface area contributed by atoms with E-state index >= 15 is 0 Å². The molecule has 4 nitrogen and oxygen atoms in total. The lowest BCUT2D eigenvalue weighted by Gasteiger charge is -2.28. The van der Waals surface area contributed by atoms with Gasteiger partial charge in [-0.2, -0.15) is 0 Å². The van der Waals surface area contributed by atoms with Crippen molar-refractivity contribution in [2.75, 3.05) is 11.9 Å². The van der Waals surface area contributed by atoms with Crippen LogP contribution >= 0.6 is 0 Å². The topological polar surface area (TPSA) is 51.2 Å². The van der Waals surface area contributed by atoms with Crippen molar-refractivity contribution in [1.82, 2.24) is 4.98 Å². The molecule has 1 aliphatic rings. The molecule has 0 radical (unpaired) electrons. The van der Waals surface area contributed by atoms with E-state index in [9.17, 15) is 4.79 Å². The van der Waals surface area contributed by atoms with E-state index in [2.05, 4.69) is 17.2 Å². The van der Waals surface area contributed by atoms with Gasteiger partial charge in [-0.3, -0.25) is 4.79 Å². The summed E-state index contributed by atoms with van der Waals surface area (Å²) in [6.07, 6.45) is 5.48. The van der Waals surface area contributed by atoms with Crippen LogP contribution in [0.5, 0.6) is 0 Å². The number of nitrogens with zero attached hydrogens (tertiary/aromatic N) is 1. The highest BCUT2D eigenvalue weighted by Gasteiger charge is 2.23. The van der Waals surface area contributed by atoms with Crippen molar-refractivity contribution in [1.29, 1.82) is 0 Å². The van der Waals surface area contributed by atoms with Gasteiger partial charge in [0.2, 0.25) is 5.91 Å². The molecule has 0 spiro atoms. The molecule has 2 atom stereocenters. The molecule has 1 aromatic carbocycles. The monoisotopic (exact) mass is 324 g/mol. The van der Waals surface area contributed by atoms with Gasteiger partial charge in [0.05, 0.1) is 6.10 Å². The zero-order chi connectivity index (χ0) is 16.8. The van der Waals surface area contributed by atoms with Crippen molar-refractivity contribution >= 4 is 11.7 Å². The number of benzene rings is 1. The van der Waals surface area contributed by atoms with E-state index in [1.807, 2.05) is 42.5 Å². The number of carbonyl (C=O) groups excluding carboxylic acids is 1. The summed E-state index contributed by atoms with van der Waals surface area (Å²) in [5.74, 6) is 1.06. The fourth-order valence-corrected chi connectivity index (χ4v) is 3.23. The van der Waals surface area contributed by atoms with Crippen LogP contribution in [0.1, 0.15) is 32.6 Å². The number of hydrogen-bond donors (Lipinski definition) is 1. The van der Waals surface area contributed by atoms with Gasteiger partial charge in [-0.05, 0) is 42.9 Å². The van der Waals surface area contributed by atoms with E-state index in [0.717, 1.165) is 37.0 Å². The Hall–Kier alpha value is -2.20. The molecule has 4 heteroatoms. The molecule has 1 N–H and O–H groups in total. The lowest BCUT2D eigenvalue weighted by Crippen LogP contribution is -2.28. The number of anilines is 1. The molecule has 126 valence electrons. The Morgan fingerprint density at radius 3 is 2.88 bits per heavy atom. The standard InChI is InChI=1S/C20H24N2O2/c1-2-17-13-15(10-12-24-17)14-19(23)22-20-18(9-6-11-21-20)16-7-4-3-5-8-16/h3-9,11,15,17H,2,10,12-14H2,1H3,(H,21,22,23)/t15-,17+/m1/s1. The Bertz CT molecular complexity index is 672. The summed E-state index contributed by atoms with van der Waals surface area (Å²) in [7, 11) is 0. The molecule has 0 unspecified atom stereocenters. The molecule has 3 rings (SSSR count). The van der Waals surface area contributed by atoms with Crippen molar-refractivity contribution in [3.8, 4) is 11.1 Å². The molecule has 1 aromatic heterocycles. The normalized spacial score (nSPS) is 20.5. The van der Waals surface area contributed by atoms with E-state index in [0.29, 0.717) is 24.3 Å². The zero-order valence-corrected chi connectivity index (χ0v) is 14.1. The molecular formula is C20H24N2O2. The molecule has 1 aliphatic heterocycles. The van der Waals surface area contributed by atoms with E-state index in [1.54, 1.807) is 6.20 Å². The molecule has 0 bridgehead atoms. The highest BCUT2D eigenvalue weighted by Crippen LogP contribution is 2.28. The van der Waals surface area contributed by atoms with Crippen LogP contribution in [0.2, 0.25) is 0 Å². The molecule has 0 saturated carbocycles. The lowest BCUT2D eigenvalue weighted by molar-refractivity contribution is -0.118. The molecular weight excluding hydrogens is 300 g/mol. The van der Waals surface area contributed by atoms with Crippen LogP contribution in [0.3, 0.4) is 0 Å². The average Bonchev–Trinajstić information content (AvgIpc) is 2.63. The van der Waals surface area contributed by atoms with Crippen molar-refractivity contribution in [2.24, 2.45) is 5.92 Å². The van der Waals surface area contributed by atoms with Crippen molar-refractivity contribution in [3.05, 3.63) is 48.7 Å². The first-order valence-corrected chi connectivity index (χ1v) is 8.68. The summed E-state index contributed by atoms with van der Waals surface area (Å²) in [5.41, 5.74) is 2.00. The minimum atomic E-state index is 0.0348. The minimum absolute atomic E-state index is 0.0348. The summed E-state index contributed by atoms with van der Waals surface area (Å²) in [6, 6.07) is 13.9. The number of ether oxygens (including phenoxy) is 1. The van der Waals surface area contributed by atoms with Gasteiger partial charge >= 0.3 is 0 Å². The van der Waals surface area contributed by atoms with Gasteiger partial charge in [0.15, 0.2) is 0 Å². The maximum absolute atomic E-state index is 12.5. The number of aromatic nitrogens is 1. The number of carbonyl (C=O) groups is 1. The van der Waals surface area contributed by atoms with Crippen LogP contribution in [-0.2, 0) is 9.53 Å². The molecule has 1 saturated heterocycles. The first-order chi connectivity index (χ1) is 11.8. The summed E-state index contributed by atoms with van der Waals surface area (Å²) >= 11 is 0. The molecule has 24 heavy (non-hydrogen) atoms. The average molecular weight is 324 g/mol. The highest BCUT2D eigenvalue weighted by atomic mass is 16.5. The maximum atomic E-state index is 12.5. The number of nitrogens with one attached hydrogen (secondary N) is 1. The number of amides is 1. The number of rotatable bonds is 5. The van der Waals surface area contributed by atoms with Crippen molar-refractivity contribution < 1.29 is 9.53 Å². The van der Waals surface area contributed by atoms with E-state index in [4.69, 9.17) is 4.74 Å². The zero-order valence-electron chi connectivity index (χ0n) is 14.1. The van der Waals surface area contributed by atoms with Gasteiger partial charge in [-0.1, -0.05) is 37.3 Å². The van der Waals surface area contributed by atoms with E-state index < -0.39 is 0 Å². The van der Waals surface area contributed by atoms with Gasteiger partial charge in [0.1, 0.15) is 5.82 Å². The summed E-state index contributed by atoms with van der Waals surface area (Å²) in [5, 5.41) is 3.00. The predicted molar refractivity (Wildman–Crippen MR) is 95.7 cm³/mol. The van der Waals surface area contributed by atoms with Crippen LogP contribution in [0.25, 0.3) is 11.1 Å². The third-order valence-electron chi connectivity index (χ3n) is 4.56. The van der Waals surface area contributed by atoms with Gasteiger partial charge in [0.25, 0.3) is 0 Å². The summed E-state index contributed by atoms with van der Waals surface area (Å²) < 4.78 is 5.69. The Labute approximate surface area is 143 Å². The molecule has 1 fully saturated rings. The first-order valence-electron chi connectivity index (χ1n) is 8.68. The Morgan fingerprint density at radius 1 is 1.25 bits per heavy atom. The predicted octanol–water partition coefficient (Wildman–Crippen LogP) is 4.28. The van der Waals surface area contributed by atoms with Gasteiger partial charge in [-0.15, -0.1) is 0 Å². The SMILES string of the molecule is CC[C@H]1C[C@H](CC(=O)Nc2ncccc2-c2ccccc2)CCO1. The smallest absolute Gasteiger partial charge is 0.225 e. The fraction of sp³-hybridized carbons (Fsp3) is 0.400. The van der Waals surface area contributed by atoms with E-state index in [-0.39, 0.29) is 5.91 Å². The Kier molecular flexibility index (Phi) is 5.59. The highest BCUT2D eigenvalue weighted by molar-refractivity contribution is 5.94. The molecule has 2 aromatic rings. The summed E-state index contributed by atoms with van der Waals surface area (Å²) in [6.45, 7) is 2.89. The Morgan fingerprint density at radius 2 is 2.08 bits per heavy atom. The second kappa shape index (κ2) is 8.06. The van der Waals surface area contributed by atoms with Crippen LogP contribution < -0.4 is 5.32 Å². The lowest BCUT2D eigenvalue weighted by atomic mass is 9.91. The fourth-order valence-electron chi connectivity index (χ4n) is 3.23. The number of hydrogen-bond acceptors (Lipinski definition) is 3. The second-order valence-corrected chi connectivity index (χ2v) is 6.31. The third-order valence-corrected chi connectivity index (χ3v) is 4.56. The molecule has 2 heterocycles. The van der Waals surface area contributed by atoms with Crippen molar-refractivity contribution in [3.63, 3.8) is 0 Å². The maximum Gasteiger partial charge on any atom is 0.225 e. The van der Waals surface area contributed by atoms with Gasteiger partial charge < -0.3 is 10.1 Å². The van der Waals surface area contributed by atoms with Crippen LogP contribution in [-0.4, -0.2) is 23.6 Å². The Balaban J connectivity index is 1.67. The first kappa shape index (κ1) is 16.7. The minimum Gasteiger partial charge on any atom is -0.378 e. The largest absolute Gasteiger partial charge is 0.378 e. The van der Waals surface area contributed by atoms with E-state index in [1.165, 1.54) is 0 Å². The van der Waals surface area contributed by atoms with Crippen molar-refractivity contribution in [2.45, 2.75) is 38.7 Å². The molecule has 0 aliphatic carbocycles. The van der Waals surface area contributed by atoms with Crippen LogP contribution in [0.15, 0.2) is 48.7 Å². The van der Waals surface area contributed by atoms with Gasteiger partial charge in [0, 0.05) is 24.8 Å². The molecule has 1 amide bonds. The quantitative estimate of drug-likeness (QED) is 0.893. The van der Waals surface area contributed by atoms with Gasteiger partial charge in [-0.25, -0.2) is 4.98 Å². The van der Waals surface area contributed by atoms with Crippen LogP contribution in [0.4, 0.5) is 5.82 Å².